The van der Waals surface area contributed by atoms with E-state index in [0.717, 1.165) is 7.11 Å². The third-order valence-corrected chi connectivity index (χ3v) is 2.49. The van der Waals surface area contributed by atoms with Gasteiger partial charge in [-0.3, -0.25) is 0 Å². The molecular weight excluding hydrogens is 240 g/mol. The van der Waals surface area contributed by atoms with Gasteiger partial charge in [0.05, 0.1) is 21.3 Å². The van der Waals surface area contributed by atoms with Crippen molar-refractivity contribution in [3.63, 3.8) is 0 Å². The average Bonchev–Trinajstić information content (AvgIpc) is 2.43. The quantitative estimate of drug-likeness (QED) is 0.736. The van der Waals surface area contributed by atoms with E-state index in [4.69, 9.17) is 9.47 Å². The largest absolute Gasteiger partial charge is 0.493 e. The molecule has 18 heavy (non-hydrogen) atoms. The minimum absolute atomic E-state index is 0.325. The Balaban J connectivity index is 2.99. The third-order valence-electron chi connectivity index (χ3n) is 2.49. The Kier molecular flexibility index (Phi) is 4.94. The lowest BCUT2D eigenvalue weighted by molar-refractivity contribution is -0.156. The first-order valence-electron chi connectivity index (χ1n) is 5.21. The van der Waals surface area contributed by atoms with E-state index in [1.54, 1.807) is 6.07 Å². The van der Waals surface area contributed by atoms with Crippen molar-refractivity contribution in [1.82, 2.24) is 0 Å². The number of carbonyl (C=O) groups excluding carboxylic acids is 1. The number of hydrogen-bond donors (Lipinski definition) is 2. The first-order valence-corrected chi connectivity index (χ1v) is 5.21. The van der Waals surface area contributed by atoms with Crippen LogP contribution in [0, 0.1) is 0 Å². The van der Waals surface area contributed by atoms with Crippen LogP contribution in [0.3, 0.4) is 0 Å². The maximum atomic E-state index is 11.1. The molecule has 0 aliphatic carbocycles. The van der Waals surface area contributed by atoms with Gasteiger partial charge in [-0.25, -0.2) is 4.79 Å². The predicted octanol–water partition coefficient (Wildman–Crippen LogP) is 0.271. The molecule has 0 spiro atoms. The molecule has 0 aliphatic heterocycles. The summed E-state index contributed by atoms with van der Waals surface area (Å²) in [4.78, 5) is 11.1. The summed E-state index contributed by atoms with van der Waals surface area (Å²) >= 11 is 0. The highest BCUT2D eigenvalue weighted by molar-refractivity contribution is 5.75. The fraction of sp³-hybridized carbons (Fsp3) is 0.417. The van der Waals surface area contributed by atoms with Crippen LogP contribution in [0.5, 0.6) is 11.5 Å². The highest BCUT2D eigenvalue weighted by Crippen LogP contribution is 2.30. The van der Waals surface area contributed by atoms with E-state index in [0.29, 0.717) is 17.1 Å². The Morgan fingerprint density at radius 3 is 2.22 bits per heavy atom. The number of methoxy groups -OCH3 is 3. The normalized spacial score (nSPS) is 13.6. The van der Waals surface area contributed by atoms with Crippen LogP contribution >= 0.6 is 0 Å². The minimum atomic E-state index is -1.65. The second-order valence-corrected chi connectivity index (χ2v) is 3.53. The summed E-state index contributed by atoms with van der Waals surface area (Å²) in [6.45, 7) is 0. The summed E-state index contributed by atoms with van der Waals surface area (Å²) in [7, 11) is 4.06. The van der Waals surface area contributed by atoms with Crippen LogP contribution < -0.4 is 9.47 Å². The number of carbonyl (C=O) groups is 1. The second-order valence-electron chi connectivity index (χ2n) is 3.53. The number of benzene rings is 1. The summed E-state index contributed by atoms with van der Waals surface area (Å²) in [5.74, 6) is -0.0237. The van der Waals surface area contributed by atoms with Gasteiger partial charge in [-0.2, -0.15) is 0 Å². The molecule has 2 atom stereocenters. The summed E-state index contributed by atoms with van der Waals surface area (Å²) in [6, 6.07) is 4.58. The molecule has 1 aromatic carbocycles. The molecule has 6 heteroatoms. The van der Waals surface area contributed by atoms with Gasteiger partial charge in [-0.1, -0.05) is 6.07 Å². The maximum absolute atomic E-state index is 11.1. The third kappa shape index (κ3) is 2.91. The molecule has 1 aromatic rings. The van der Waals surface area contributed by atoms with E-state index >= 15 is 0 Å². The molecule has 0 aliphatic rings. The smallest absolute Gasteiger partial charge is 0.337 e. The number of aliphatic hydroxyl groups excluding tert-OH is 2. The standard InChI is InChI=1S/C12H16O6/c1-16-8-5-4-7(6-9(8)17-2)10(13)11(14)12(15)18-3/h4-6,10-11,13-14H,1-3H3. The van der Waals surface area contributed by atoms with Gasteiger partial charge in [-0.15, -0.1) is 0 Å². The Morgan fingerprint density at radius 2 is 1.72 bits per heavy atom. The van der Waals surface area contributed by atoms with Crippen molar-refractivity contribution in [2.24, 2.45) is 0 Å². The van der Waals surface area contributed by atoms with E-state index in [1.165, 1.54) is 26.4 Å². The lowest BCUT2D eigenvalue weighted by atomic mass is 10.0. The molecule has 100 valence electrons. The Hall–Kier alpha value is -1.79. The maximum Gasteiger partial charge on any atom is 0.337 e. The SMILES string of the molecule is COC(=O)C(O)C(O)c1ccc(OC)c(OC)c1. The monoisotopic (exact) mass is 256 g/mol. The summed E-state index contributed by atoms with van der Waals surface area (Å²) in [5.41, 5.74) is 0.325. The molecule has 0 radical (unpaired) electrons. The van der Waals surface area contributed by atoms with E-state index in [2.05, 4.69) is 4.74 Å². The fourth-order valence-electron chi connectivity index (χ4n) is 1.47. The molecule has 0 amide bonds. The van der Waals surface area contributed by atoms with Crippen molar-refractivity contribution >= 4 is 5.97 Å². The Labute approximate surface area is 105 Å². The molecule has 2 N–H and O–H groups in total. The summed E-state index contributed by atoms with van der Waals surface area (Å²) < 4.78 is 14.5. The number of rotatable bonds is 5. The summed E-state index contributed by atoms with van der Waals surface area (Å²) in [5, 5.41) is 19.4. The van der Waals surface area contributed by atoms with Gasteiger partial charge in [0.25, 0.3) is 0 Å². The molecule has 0 fully saturated rings. The predicted molar refractivity (Wildman–Crippen MR) is 62.5 cm³/mol. The zero-order valence-corrected chi connectivity index (χ0v) is 10.4. The topological polar surface area (TPSA) is 85.2 Å². The van der Waals surface area contributed by atoms with E-state index < -0.39 is 18.2 Å². The van der Waals surface area contributed by atoms with E-state index in [9.17, 15) is 15.0 Å². The fourth-order valence-corrected chi connectivity index (χ4v) is 1.47. The van der Waals surface area contributed by atoms with Crippen LogP contribution in [-0.2, 0) is 9.53 Å². The molecule has 2 unspecified atom stereocenters. The van der Waals surface area contributed by atoms with Crippen molar-refractivity contribution in [2.75, 3.05) is 21.3 Å². The number of aliphatic hydroxyl groups is 2. The summed E-state index contributed by atoms with van der Waals surface area (Å²) in [6.07, 6.45) is -3.04. The molecule has 0 aromatic heterocycles. The van der Waals surface area contributed by atoms with Gasteiger partial charge in [0, 0.05) is 0 Å². The molecular formula is C12H16O6. The average molecular weight is 256 g/mol. The Morgan fingerprint density at radius 1 is 1.11 bits per heavy atom. The van der Waals surface area contributed by atoms with Gasteiger partial charge in [0.15, 0.2) is 17.6 Å². The first kappa shape index (κ1) is 14.3. The van der Waals surface area contributed by atoms with Gasteiger partial charge >= 0.3 is 5.97 Å². The number of esters is 1. The lowest BCUT2D eigenvalue weighted by Crippen LogP contribution is -2.29. The van der Waals surface area contributed by atoms with E-state index in [1.807, 2.05) is 0 Å². The molecule has 0 heterocycles. The zero-order chi connectivity index (χ0) is 13.7. The zero-order valence-electron chi connectivity index (χ0n) is 10.4. The van der Waals surface area contributed by atoms with Crippen LogP contribution in [0.2, 0.25) is 0 Å². The number of hydrogen-bond acceptors (Lipinski definition) is 6. The van der Waals surface area contributed by atoms with E-state index in [-0.39, 0.29) is 0 Å². The van der Waals surface area contributed by atoms with Crippen LogP contribution in [0.1, 0.15) is 11.7 Å². The van der Waals surface area contributed by atoms with Crippen molar-refractivity contribution in [1.29, 1.82) is 0 Å². The lowest BCUT2D eigenvalue weighted by Gasteiger charge is -2.17. The minimum Gasteiger partial charge on any atom is -0.493 e. The molecule has 0 bridgehead atoms. The number of ether oxygens (including phenoxy) is 3. The van der Waals surface area contributed by atoms with Gasteiger partial charge in [0.2, 0.25) is 0 Å². The van der Waals surface area contributed by atoms with Crippen LogP contribution in [0.4, 0.5) is 0 Å². The molecule has 6 nitrogen and oxygen atoms in total. The van der Waals surface area contributed by atoms with Gasteiger partial charge in [0.1, 0.15) is 6.10 Å². The Bertz CT molecular complexity index is 417. The second kappa shape index (κ2) is 6.23. The highest BCUT2D eigenvalue weighted by atomic mass is 16.5. The molecule has 1 rings (SSSR count). The van der Waals surface area contributed by atoms with Crippen LogP contribution in [-0.4, -0.2) is 43.6 Å². The van der Waals surface area contributed by atoms with Gasteiger partial charge < -0.3 is 24.4 Å². The molecule has 0 saturated heterocycles. The van der Waals surface area contributed by atoms with Crippen molar-refractivity contribution in [3.8, 4) is 11.5 Å². The van der Waals surface area contributed by atoms with Crippen molar-refractivity contribution in [3.05, 3.63) is 23.8 Å². The van der Waals surface area contributed by atoms with Gasteiger partial charge in [-0.05, 0) is 17.7 Å². The molecule has 0 saturated carbocycles. The van der Waals surface area contributed by atoms with Crippen LogP contribution in [0.25, 0.3) is 0 Å². The van der Waals surface area contributed by atoms with Crippen molar-refractivity contribution in [2.45, 2.75) is 12.2 Å². The highest BCUT2D eigenvalue weighted by Gasteiger charge is 2.27. The first-order chi connectivity index (χ1) is 8.54. The van der Waals surface area contributed by atoms with Crippen molar-refractivity contribution < 1.29 is 29.2 Å². The van der Waals surface area contributed by atoms with Crippen LogP contribution in [0.15, 0.2) is 18.2 Å².